The van der Waals surface area contributed by atoms with Gasteiger partial charge in [-0.1, -0.05) is 13.8 Å². The number of carbonyl (C=O) groups excluding carboxylic acids is 1. The van der Waals surface area contributed by atoms with Crippen LogP contribution in [-0.4, -0.2) is 32.8 Å². The zero-order chi connectivity index (χ0) is 13.9. The minimum absolute atomic E-state index is 0.00720. The van der Waals surface area contributed by atoms with E-state index in [9.17, 15) is 13.2 Å². The molecule has 0 aliphatic carbocycles. The Labute approximate surface area is 112 Å². The van der Waals surface area contributed by atoms with Gasteiger partial charge < -0.3 is 4.90 Å². The number of amides is 1. The summed E-state index contributed by atoms with van der Waals surface area (Å²) in [5.74, 6) is 0.240. The predicted molar refractivity (Wildman–Crippen MR) is 71.3 cm³/mol. The number of hydrogen-bond acceptors (Lipinski definition) is 3. The van der Waals surface area contributed by atoms with Crippen LogP contribution in [0.5, 0.6) is 0 Å². The molecule has 4 nitrogen and oxygen atoms in total. The molecule has 1 amide bonds. The SMILES string of the molecule is CC(C)CN(C)C(=O)c1ccc(S(=O)(=O)Cl)cc1. The summed E-state index contributed by atoms with van der Waals surface area (Å²) in [6, 6.07) is 5.60. The molecule has 0 radical (unpaired) electrons. The molecule has 0 saturated carbocycles. The molecule has 0 bridgehead atoms. The van der Waals surface area contributed by atoms with Gasteiger partial charge >= 0.3 is 0 Å². The second-order valence-electron chi connectivity index (χ2n) is 4.54. The molecule has 0 heterocycles. The van der Waals surface area contributed by atoms with Crippen molar-refractivity contribution in [2.24, 2.45) is 5.92 Å². The van der Waals surface area contributed by atoms with Crippen LogP contribution in [0.3, 0.4) is 0 Å². The molecule has 6 heteroatoms. The van der Waals surface area contributed by atoms with E-state index in [0.717, 1.165) is 0 Å². The molecule has 0 unspecified atom stereocenters. The first-order valence-corrected chi connectivity index (χ1v) is 7.83. The van der Waals surface area contributed by atoms with E-state index in [2.05, 4.69) is 0 Å². The van der Waals surface area contributed by atoms with Crippen molar-refractivity contribution in [2.45, 2.75) is 18.7 Å². The first kappa shape index (κ1) is 15.0. The van der Waals surface area contributed by atoms with Gasteiger partial charge in [0.2, 0.25) is 0 Å². The van der Waals surface area contributed by atoms with Gasteiger partial charge in [0, 0.05) is 29.8 Å². The van der Waals surface area contributed by atoms with Gasteiger partial charge in [-0.05, 0) is 30.2 Å². The Morgan fingerprint density at radius 3 is 2.17 bits per heavy atom. The molecule has 0 spiro atoms. The number of nitrogens with zero attached hydrogens (tertiary/aromatic N) is 1. The molecule has 100 valence electrons. The number of hydrogen-bond donors (Lipinski definition) is 0. The molecular formula is C12H16ClNO3S. The highest BCUT2D eigenvalue weighted by molar-refractivity contribution is 8.13. The summed E-state index contributed by atoms with van der Waals surface area (Å²) in [5, 5.41) is 0. The Bertz CT molecular complexity index is 523. The second kappa shape index (κ2) is 5.71. The second-order valence-corrected chi connectivity index (χ2v) is 7.11. The van der Waals surface area contributed by atoms with Gasteiger partial charge in [0.1, 0.15) is 0 Å². The van der Waals surface area contributed by atoms with Crippen LogP contribution >= 0.6 is 10.7 Å². The van der Waals surface area contributed by atoms with E-state index in [1.807, 2.05) is 13.8 Å². The molecule has 0 aliphatic rings. The predicted octanol–water partition coefficient (Wildman–Crippen LogP) is 2.34. The van der Waals surface area contributed by atoms with Gasteiger partial charge in [0.05, 0.1) is 4.90 Å². The molecule has 1 aromatic rings. The van der Waals surface area contributed by atoms with Crippen molar-refractivity contribution in [3.05, 3.63) is 29.8 Å². The summed E-state index contributed by atoms with van der Waals surface area (Å²) in [6.07, 6.45) is 0. The van der Waals surface area contributed by atoms with E-state index in [0.29, 0.717) is 18.0 Å². The van der Waals surface area contributed by atoms with Crippen molar-refractivity contribution >= 4 is 25.6 Å². The number of halogens is 1. The Morgan fingerprint density at radius 1 is 1.28 bits per heavy atom. The van der Waals surface area contributed by atoms with Crippen molar-refractivity contribution in [3.63, 3.8) is 0 Å². The zero-order valence-electron chi connectivity index (χ0n) is 10.6. The lowest BCUT2D eigenvalue weighted by molar-refractivity contribution is 0.0779. The molecule has 0 fully saturated rings. The maximum atomic E-state index is 12.0. The molecule has 0 aliphatic heterocycles. The fourth-order valence-corrected chi connectivity index (χ4v) is 2.38. The van der Waals surface area contributed by atoms with E-state index >= 15 is 0 Å². The Kier molecular flexibility index (Phi) is 4.76. The number of rotatable bonds is 4. The van der Waals surface area contributed by atoms with Crippen molar-refractivity contribution in [1.29, 1.82) is 0 Å². The third-order valence-corrected chi connectivity index (χ3v) is 3.74. The topological polar surface area (TPSA) is 54.5 Å². The highest BCUT2D eigenvalue weighted by Gasteiger charge is 2.15. The molecule has 1 rings (SSSR count). The largest absolute Gasteiger partial charge is 0.341 e. The van der Waals surface area contributed by atoms with E-state index in [1.165, 1.54) is 24.3 Å². The smallest absolute Gasteiger partial charge is 0.261 e. The quantitative estimate of drug-likeness (QED) is 0.800. The van der Waals surface area contributed by atoms with Crippen LogP contribution in [0.4, 0.5) is 0 Å². The van der Waals surface area contributed by atoms with Crippen molar-refractivity contribution in [3.8, 4) is 0 Å². The standard InChI is InChI=1S/C12H16ClNO3S/c1-9(2)8-14(3)12(15)10-4-6-11(7-5-10)18(13,16)17/h4-7,9H,8H2,1-3H3. The Hall–Kier alpha value is -1.07. The number of benzene rings is 1. The van der Waals surface area contributed by atoms with Gasteiger partial charge in [-0.3, -0.25) is 4.79 Å². The third-order valence-electron chi connectivity index (χ3n) is 2.37. The van der Waals surface area contributed by atoms with E-state index < -0.39 is 9.05 Å². The first-order chi connectivity index (χ1) is 8.21. The number of carbonyl (C=O) groups is 1. The highest BCUT2D eigenvalue weighted by atomic mass is 35.7. The summed E-state index contributed by atoms with van der Waals surface area (Å²) in [4.78, 5) is 13.6. The monoisotopic (exact) mass is 289 g/mol. The lowest BCUT2D eigenvalue weighted by Gasteiger charge is -2.19. The zero-order valence-corrected chi connectivity index (χ0v) is 12.1. The van der Waals surface area contributed by atoms with Crippen LogP contribution in [0.15, 0.2) is 29.2 Å². The van der Waals surface area contributed by atoms with Crippen LogP contribution in [0.1, 0.15) is 24.2 Å². The average Bonchev–Trinajstić information content (AvgIpc) is 2.26. The maximum absolute atomic E-state index is 12.0. The molecule has 1 aromatic carbocycles. The lowest BCUT2D eigenvalue weighted by Crippen LogP contribution is -2.30. The summed E-state index contributed by atoms with van der Waals surface area (Å²) >= 11 is 0. The fraction of sp³-hybridized carbons (Fsp3) is 0.417. The Balaban J connectivity index is 2.89. The van der Waals surface area contributed by atoms with Crippen LogP contribution in [0, 0.1) is 5.92 Å². The van der Waals surface area contributed by atoms with Gasteiger partial charge in [-0.25, -0.2) is 8.42 Å². The van der Waals surface area contributed by atoms with Gasteiger partial charge in [-0.2, -0.15) is 0 Å². The molecule has 0 atom stereocenters. The minimum Gasteiger partial charge on any atom is -0.341 e. The molecule has 18 heavy (non-hydrogen) atoms. The van der Waals surface area contributed by atoms with Gasteiger partial charge in [0.15, 0.2) is 0 Å². The van der Waals surface area contributed by atoms with Crippen molar-refractivity contribution in [2.75, 3.05) is 13.6 Å². The maximum Gasteiger partial charge on any atom is 0.261 e. The van der Waals surface area contributed by atoms with Crippen molar-refractivity contribution < 1.29 is 13.2 Å². The van der Waals surface area contributed by atoms with E-state index in [-0.39, 0.29) is 10.8 Å². The highest BCUT2D eigenvalue weighted by Crippen LogP contribution is 2.16. The van der Waals surface area contributed by atoms with Crippen LogP contribution in [-0.2, 0) is 9.05 Å². The molecule has 0 saturated heterocycles. The average molecular weight is 290 g/mol. The van der Waals surface area contributed by atoms with Crippen molar-refractivity contribution in [1.82, 2.24) is 4.90 Å². The first-order valence-electron chi connectivity index (χ1n) is 5.52. The summed E-state index contributed by atoms with van der Waals surface area (Å²) < 4.78 is 22.1. The molecular weight excluding hydrogens is 274 g/mol. The van der Waals surface area contributed by atoms with Gasteiger partial charge in [-0.15, -0.1) is 0 Å². The lowest BCUT2D eigenvalue weighted by atomic mass is 10.1. The van der Waals surface area contributed by atoms with Crippen LogP contribution < -0.4 is 0 Å². The van der Waals surface area contributed by atoms with E-state index in [1.54, 1.807) is 11.9 Å². The Morgan fingerprint density at radius 2 is 1.78 bits per heavy atom. The molecule has 0 N–H and O–H groups in total. The summed E-state index contributed by atoms with van der Waals surface area (Å²) in [5.41, 5.74) is 0.446. The van der Waals surface area contributed by atoms with E-state index in [4.69, 9.17) is 10.7 Å². The van der Waals surface area contributed by atoms with Crippen LogP contribution in [0.2, 0.25) is 0 Å². The third kappa shape index (κ3) is 3.99. The summed E-state index contributed by atoms with van der Waals surface area (Å²) in [6.45, 7) is 4.69. The van der Waals surface area contributed by atoms with Gasteiger partial charge in [0.25, 0.3) is 15.0 Å². The van der Waals surface area contributed by atoms with Crippen LogP contribution in [0.25, 0.3) is 0 Å². The normalized spacial score (nSPS) is 11.6. The fourth-order valence-electron chi connectivity index (χ4n) is 1.61. The summed E-state index contributed by atoms with van der Waals surface area (Å²) in [7, 11) is 3.18. The molecule has 0 aromatic heterocycles. The minimum atomic E-state index is -3.74.